The molecule has 0 aromatic heterocycles. The first kappa shape index (κ1) is 22.8. The van der Waals surface area contributed by atoms with Crippen molar-refractivity contribution in [1.82, 2.24) is 0 Å². The van der Waals surface area contributed by atoms with Crippen molar-refractivity contribution in [3.05, 3.63) is 29.8 Å². The van der Waals surface area contributed by atoms with Crippen molar-refractivity contribution >= 4 is 35.0 Å². The van der Waals surface area contributed by atoms with Gasteiger partial charge in [-0.2, -0.15) is 10.5 Å². The zero-order chi connectivity index (χ0) is 22.0. The summed E-state index contributed by atoms with van der Waals surface area (Å²) >= 11 is 3.43. The van der Waals surface area contributed by atoms with Gasteiger partial charge in [0.1, 0.15) is 16.7 Å². The van der Waals surface area contributed by atoms with E-state index >= 15 is 0 Å². The summed E-state index contributed by atoms with van der Waals surface area (Å²) in [4.78, 5) is 6.91. The van der Waals surface area contributed by atoms with E-state index in [1.165, 1.54) is 0 Å². The van der Waals surface area contributed by atoms with E-state index in [-0.39, 0.29) is 5.92 Å². The van der Waals surface area contributed by atoms with Gasteiger partial charge in [0.25, 0.3) is 0 Å². The second-order valence-electron chi connectivity index (χ2n) is 8.24. The van der Waals surface area contributed by atoms with Gasteiger partial charge in [-0.15, -0.1) is 23.5 Å². The molecule has 1 aliphatic heterocycles. The van der Waals surface area contributed by atoms with Gasteiger partial charge < -0.3 is 10.6 Å². The number of nitrogens with two attached hydrogens (primary N) is 1. The summed E-state index contributed by atoms with van der Waals surface area (Å²) in [5.41, 5.74) is 6.57. The quantitative estimate of drug-likeness (QED) is 0.408. The molecule has 1 saturated carbocycles. The Labute approximate surface area is 189 Å². The van der Waals surface area contributed by atoms with E-state index in [9.17, 15) is 10.5 Å². The molecule has 2 aliphatic rings. The monoisotopic (exact) mass is 441 g/mol. The van der Waals surface area contributed by atoms with Crippen LogP contribution in [0, 0.1) is 33.5 Å². The minimum atomic E-state index is -1.04. The summed E-state index contributed by atoms with van der Waals surface area (Å²) in [6, 6.07) is 13.2. The molecule has 160 valence electrons. The largest absolute Gasteiger partial charge is 0.386 e. The molecule has 3 rings (SSSR count). The van der Waals surface area contributed by atoms with Crippen LogP contribution in [-0.2, 0) is 0 Å². The molecule has 0 radical (unpaired) electrons. The lowest BCUT2D eigenvalue weighted by Crippen LogP contribution is -2.32. The van der Waals surface area contributed by atoms with E-state index in [0.29, 0.717) is 5.84 Å². The second-order valence-corrected chi connectivity index (χ2v) is 11.1. The fraction of sp³-hybridized carbons (Fsp3) is 0.609. The van der Waals surface area contributed by atoms with Gasteiger partial charge in [-0.05, 0) is 42.0 Å². The molecule has 1 heterocycles. The van der Waals surface area contributed by atoms with Crippen LogP contribution in [0.1, 0.15) is 51.0 Å². The van der Waals surface area contributed by atoms with Crippen molar-refractivity contribution in [3.8, 4) is 12.1 Å². The summed E-state index contributed by atoms with van der Waals surface area (Å²) in [5, 5.41) is 20.8. The Bertz CT molecular complexity index is 872. The number of nitrogens with zero attached hydrogens (tertiary/aromatic N) is 4. The zero-order valence-corrected chi connectivity index (χ0v) is 19.9. The first-order valence-electron chi connectivity index (χ1n) is 10.6. The van der Waals surface area contributed by atoms with E-state index in [0.717, 1.165) is 48.4 Å². The van der Waals surface area contributed by atoms with Crippen molar-refractivity contribution in [2.24, 2.45) is 21.6 Å². The molecule has 1 aromatic carbocycles. The highest BCUT2D eigenvalue weighted by molar-refractivity contribution is 8.18. The highest BCUT2D eigenvalue weighted by Gasteiger charge is 2.91. The first-order valence-corrected chi connectivity index (χ1v) is 12.6. The third kappa shape index (κ3) is 3.10. The number of nitriles is 2. The van der Waals surface area contributed by atoms with Crippen LogP contribution in [0.2, 0.25) is 0 Å². The van der Waals surface area contributed by atoms with Crippen LogP contribution in [0.25, 0.3) is 0 Å². The number of benzene rings is 1. The average molecular weight is 442 g/mol. The molecule has 1 aromatic rings. The smallest absolute Gasteiger partial charge is 0.175 e. The maximum Gasteiger partial charge on any atom is 0.175 e. The van der Waals surface area contributed by atoms with Crippen LogP contribution in [0.4, 0.5) is 5.69 Å². The zero-order valence-electron chi connectivity index (χ0n) is 18.3. The average Bonchev–Trinajstić information content (AvgIpc) is 3.32. The van der Waals surface area contributed by atoms with E-state index < -0.39 is 15.0 Å². The Morgan fingerprint density at radius 2 is 1.60 bits per heavy atom. The summed E-state index contributed by atoms with van der Waals surface area (Å²) in [6.45, 7) is 4.32. The van der Waals surface area contributed by atoms with Gasteiger partial charge in [0, 0.05) is 25.7 Å². The van der Waals surface area contributed by atoms with Gasteiger partial charge in [-0.3, -0.25) is 0 Å². The van der Waals surface area contributed by atoms with Crippen molar-refractivity contribution in [3.63, 3.8) is 0 Å². The molecule has 0 spiro atoms. The topological polar surface area (TPSA) is 89.2 Å². The molecule has 1 fully saturated rings. The SMILES string of the molecule is CCCCSC1(SCCCC)N=C(N)C2(C#N)C(c3ccc(N(C)C)cc3)C12C#N. The number of anilines is 1. The molecule has 0 amide bonds. The molecule has 2 N–H and O–H groups in total. The predicted octanol–water partition coefficient (Wildman–Crippen LogP) is 4.96. The minimum Gasteiger partial charge on any atom is -0.386 e. The van der Waals surface area contributed by atoms with Gasteiger partial charge in [0.05, 0.1) is 12.1 Å². The molecule has 0 saturated heterocycles. The normalized spacial score (nSPS) is 28.2. The number of rotatable bonds is 10. The van der Waals surface area contributed by atoms with Gasteiger partial charge in [0.2, 0.25) is 0 Å². The van der Waals surface area contributed by atoms with Crippen molar-refractivity contribution in [2.45, 2.75) is 49.7 Å². The fourth-order valence-electron chi connectivity index (χ4n) is 4.53. The number of aliphatic imine (C=N–C) groups is 1. The third-order valence-corrected chi connectivity index (χ3v) is 9.56. The minimum absolute atomic E-state index is 0.253. The van der Waals surface area contributed by atoms with Crippen molar-refractivity contribution in [1.29, 1.82) is 10.5 Å². The highest BCUT2D eigenvalue weighted by Crippen LogP contribution is 2.85. The van der Waals surface area contributed by atoms with E-state index in [2.05, 4.69) is 26.0 Å². The fourth-order valence-corrected chi connectivity index (χ4v) is 8.22. The number of thioether (sulfide) groups is 2. The second kappa shape index (κ2) is 8.73. The Morgan fingerprint density at radius 3 is 2.03 bits per heavy atom. The van der Waals surface area contributed by atoms with Gasteiger partial charge in [-0.1, -0.05) is 38.8 Å². The maximum atomic E-state index is 10.5. The van der Waals surface area contributed by atoms with Gasteiger partial charge >= 0.3 is 0 Å². The van der Waals surface area contributed by atoms with Crippen LogP contribution in [0.5, 0.6) is 0 Å². The van der Waals surface area contributed by atoms with Crippen molar-refractivity contribution < 1.29 is 0 Å². The van der Waals surface area contributed by atoms with Crippen LogP contribution < -0.4 is 10.6 Å². The Morgan fingerprint density at radius 1 is 1.03 bits per heavy atom. The molecular weight excluding hydrogens is 410 g/mol. The number of fused-ring (bicyclic) bond motifs is 1. The number of amidine groups is 1. The number of unbranched alkanes of at least 4 members (excludes halogenated alkanes) is 2. The predicted molar refractivity (Wildman–Crippen MR) is 129 cm³/mol. The molecule has 3 atom stereocenters. The summed E-state index contributed by atoms with van der Waals surface area (Å²) in [5.74, 6) is 1.89. The molecule has 1 aliphatic carbocycles. The standard InChI is InChI=1S/C23H31N5S2/c1-5-7-13-29-23(30-14-8-6-2)22(16-25)19(21(22,15-24)20(26)27-23)17-9-11-18(12-10-17)28(3)4/h9-12,19H,5-8,13-14H2,1-4H3,(H2,26,27). The molecule has 7 heteroatoms. The summed E-state index contributed by atoms with van der Waals surface area (Å²) in [7, 11) is 4.00. The molecule has 30 heavy (non-hydrogen) atoms. The lowest BCUT2D eigenvalue weighted by molar-refractivity contribution is 0.562. The number of hydrogen-bond donors (Lipinski definition) is 1. The van der Waals surface area contributed by atoms with Gasteiger partial charge in [0.15, 0.2) is 4.20 Å². The Kier molecular flexibility index (Phi) is 6.65. The summed E-state index contributed by atoms with van der Waals surface area (Å²) < 4.78 is -0.725. The Hall–Kier alpha value is -1.83. The van der Waals surface area contributed by atoms with Crippen LogP contribution >= 0.6 is 23.5 Å². The molecule has 5 nitrogen and oxygen atoms in total. The van der Waals surface area contributed by atoms with Gasteiger partial charge in [-0.25, -0.2) is 4.99 Å². The lowest BCUT2D eigenvalue weighted by atomic mass is 9.97. The maximum absolute atomic E-state index is 10.5. The van der Waals surface area contributed by atoms with Crippen LogP contribution in [0.3, 0.4) is 0 Å². The molecular formula is C23H31N5S2. The third-order valence-electron chi connectivity index (χ3n) is 6.26. The molecule has 3 unspecified atom stereocenters. The highest BCUT2D eigenvalue weighted by atomic mass is 32.2. The van der Waals surface area contributed by atoms with Crippen LogP contribution in [-0.4, -0.2) is 35.6 Å². The lowest BCUT2D eigenvalue weighted by Gasteiger charge is -2.32. The molecule has 0 bridgehead atoms. The van der Waals surface area contributed by atoms with E-state index in [1.54, 1.807) is 23.5 Å². The van der Waals surface area contributed by atoms with Crippen molar-refractivity contribution in [2.75, 3.05) is 30.5 Å². The summed E-state index contributed by atoms with van der Waals surface area (Å²) in [6.07, 6.45) is 4.28. The van der Waals surface area contributed by atoms with Crippen LogP contribution in [0.15, 0.2) is 29.3 Å². The van der Waals surface area contributed by atoms with E-state index in [4.69, 9.17) is 10.7 Å². The Balaban J connectivity index is 2.07. The first-order chi connectivity index (χ1) is 14.4. The van der Waals surface area contributed by atoms with E-state index in [1.807, 2.05) is 43.3 Å². The number of hydrogen-bond acceptors (Lipinski definition) is 7.